The topological polar surface area (TPSA) is 49.9 Å². The molecule has 0 radical (unpaired) electrons. The van der Waals surface area contributed by atoms with Crippen molar-refractivity contribution in [2.24, 2.45) is 0 Å². The van der Waals surface area contributed by atoms with Crippen LogP contribution < -0.4 is 0 Å². The van der Waals surface area contributed by atoms with Gasteiger partial charge in [-0.2, -0.15) is 4.31 Å². The maximum atomic E-state index is 12.6. The molecule has 22 heavy (non-hydrogen) atoms. The third kappa shape index (κ3) is 3.68. The van der Waals surface area contributed by atoms with Crippen LogP contribution in [-0.2, 0) is 14.8 Å². The number of sulfonamides is 1. The molecule has 6 heteroatoms. The summed E-state index contributed by atoms with van der Waals surface area (Å²) in [5, 5.41) is 0. The summed E-state index contributed by atoms with van der Waals surface area (Å²) in [6.45, 7) is 4.48. The van der Waals surface area contributed by atoms with Crippen LogP contribution in [0.5, 0.6) is 0 Å². The molecule has 1 unspecified atom stereocenters. The third-order valence-corrected chi connectivity index (χ3v) is 6.36. The predicted molar refractivity (Wildman–Crippen MR) is 85.2 cm³/mol. The lowest BCUT2D eigenvalue weighted by Gasteiger charge is -2.36. The fourth-order valence-corrected chi connectivity index (χ4v) is 4.58. The van der Waals surface area contributed by atoms with Crippen molar-refractivity contribution < 1.29 is 13.2 Å². The minimum absolute atomic E-state index is 0.325. The largest absolute Gasteiger partial charge is 0.377 e. The monoisotopic (exact) mass is 324 g/mol. The van der Waals surface area contributed by atoms with E-state index in [1.807, 2.05) is 6.07 Å². The zero-order valence-corrected chi connectivity index (χ0v) is 13.7. The Labute approximate surface area is 132 Å². The summed E-state index contributed by atoms with van der Waals surface area (Å²) in [6.07, 6.45) is 3.86. The molecule has 0 bridgehead atoms. The van der Waals surface area contributed by atoms with E-state index in [4.69, 9.17) is 4.74 Å². The van der Waals surface area contributed by atoms with Gasteiger partial charge in [0.1, 0.15) is 0 Å². The van der Waals surface area contributed by atoms with Crippen molar-refractivity contribution in [3.63, 3.8) is 0 Å². The quantitative estimate of drug-likeness (QED) is 0.843. The molecule has 0 saturated carbocycles. The Bertz CT molecular complexity index is 562. The van der Waals surface area contributed by atoms with Gasteiger partial charge in [-0.15, -0.1) is 0 Å². The zero-order chi connectivity index (χ0) is 15.4. The van der Waals surface area contributed by atoms with Crippen LogP contribution in [0.4, 0.5) is 0 Å². The summed E-state index contributed by atoms with van der Waals surface area (Å²) >= 11 is 0. The van der Waals surface area contributed by atoms with Crippen molar-refractivity contribution in [3.05, 3.63) is 30.3 Å². The maximum absolute atomic E-state index is 12.6. The van der Waals surface area contributed by atoms with Crippen molar-refractivity contribution >= 4 is 10.0 Å². The van der Waals surface area contributed by atoms with Crippen LogP contribution in [0, 0.1) is 0 Å². The number of piperazine rings is 1. The first-order valence-electron chi connectivity index (χ1n) is 8.05. The number of nitrogens with zero attached hydrogens (tertiary/aromatic N) is 2. The highest BCUT2D eigenvalue weighted by molar-refractivity contribution is 7.89. The second-order valence-corrected chi connectivity index (χ2v) is 7.94. The Kier molecular flexibility index (Phi) is 5.13. The van der Waals surface area contributed by atoms with Gasteiger partial charge in [0.25, 0.3) is 0 Å². The first-order chi connectivity index (χ1) is 10.7. The summed E-state index contributed by atoms with van der Waals surface area (Å²) in [5.41, 5.74) is 0. The SMILES string of the molecule is O=S(=O)(c1ccccc1)N1CCN(CC2CCCCO2)CC1. The highest BCUT2D eigenvalue weighted by atomic mass is 32.2. The van der Waals surface area contributed by atoms with Gasteiger partial charge in [-0.1, -0.05) is 18.2 Å². The normalized spacial score (nSPS) is 25.2. The van der Waals surface area contributed by atoms with Gasteiger partial charge in [-0.05, 0) is 31.4 Å². The molecule has 2 aliphatic heterocycles. The number of rotatable bonds is 4. The van der Waals surface area contributed by atoms with E-state index in [1.54, 1.807) is 28.6 Å². The Morgan fingerprint density at radius 1 is 1.05 bits per heavy atom. The molecule has 0 N–H and O–H groups in total. The molecule has 0 amide bonds. The summed E-state index contributed by atoms with van der Waals surface area (Å²) in [4.78, 5) is 2.71. The van der Waals surface area contributed by atoms with E-state index in [-0.39, 0.29) is 0 Å². The molecule has 2 aliphatic rings. The van der Waals surface area contributed by atoms with Crippen LogP contribution in [0.1, 0.15) is 19.3 Å². The average Bonchev–Trinajstić information content (AvgIpc) is 2.57. The molecule has 0 aromatic heterocycles. The molecule has 3 rings (SSSR count). The first-order valence-corrected chi connectivity index (χ1v) is 9.49. The van der Waals surface area contributed by atoms with Crippen molar-refractivity contribution in [3.8, 4) is 0 Å². The van der Waals surface area contributed by atoms with E-state index < -0.39 is 10.0 Å². The maximum Gasteiger partial charge on any atom is 0.243 e. The summed E-state index contributed by atoms with van der Waals surface area (Å²) in [6, 6.07) is 8.70. The van der Waals surface area contributed by atoms with Gasteiger partial charge in [0.2, 0.25) is 10.0 Å². The molecule has 5 nitrogen and oxygen atoms in total. The number of hydrogen-bond acceptors (Lipinski definition) is 4. The fourth-order valence-electron chi connectivity index (χ4n) is 3.13. The van der Waals surface area contributed by atoms with Crippen LogP contribution in [0.15, 0.2) is 35.2 Å². The molecule has 2 heterocycles. The van der Waals surface area contributed by atoms with Crippen LogP contribution in [-0.4, -0.2) is 63.1 Å². The van der Waals surface area contributed by atoms with E-state index in [1.165, 1.54) is 12.8 Å². The van der Waals surface area contributed by atoms with Gasteiger partial charge < -0.3 is 4.74 Å². The van der Waals surface area contributed by atoms with Crippen LogP contribution in [0.3, 0.4) is 0 Å². The number of hydrogen-bond donors (Lipinski definition) is 0. The van der Waals surface area contributed by atoms with Crippen molar-refractivity contribution in [1.29, 1.82) is 0 Å². The lowest BCUT2D eigenvalue weighted by Crippen LogP contribution is -2.50. The van der Waals surface area contributed by atoms with Gasteiger partial charge in [0.05, 0.1) is 11.0 Å². The molecule has 2 saturated heterocycles. The van der Waals surface area contributed by atoms with Crippen LogP contribution >= 0.6 is 0 Å². The van der Waals surface area contributed by atoms with Gasteiger partial charge in [-0.3, -0.25) is 4.90 Å². The Balaban J connectivity index is 1.55. The van der Waals surface area contributed by atoms with E-state index in [9.17, 15) is 8.42 Å². The lowest BCUT2D eigenvalue weighted by atomic mass is 10.1. The summed E-state index contributed by atoms with van der Waals surface area (Å²) in [7, 11) is -3.34. The number of ether oxygens (including phenoxy) is 1. The molecule has 0 aliphatic carbocycles. The van der Waals surface area contributed by atoms with E-state index in [2.05, 4.69) is 4.90 Å². The van der Waals surface area contributed by atoms with Crippen LogP contribution in [0.25, 0.3) is 0 Å². The molecule has 1 aromatic carbocycles. The van der Waals surface area contributed by atoms with Crippen molar-refractivity contribution in [2.75, 3.05) is 39.3 Å². The smallest absolute Gasteiger partial charge is 0.243 e. The molecule has 2 fully saturated rings. The minimum atomic E-state index is -3.34. The third-order valence-electron chi connectivity index (χ3n) is 4.45. The van der Waals surface area contributed by atoms with Gasteiger partial charge in [-0.25, -0.2) is 8.42 Å². The Hall–Kier alpha value is -0.950. The average molecular weight is 324 g/mol. The summed E-state index contributed by atoms with van der Waals surface area (Å²) in [5.74, 6) is 0. The van der Waals surface area contributed by atoms with E-state index in [0.29, 0.717) is 24.1 Å². The van der Waals surface area contributed by atoms with Crippen LogP contribution in [0.2, 0.25) is 0 Å². The first kappa shape index (κ1) is 15.9. The molecule has 1 aromatic rings. The lowest BCUT2D eigenvalue weighted by molar-refractivity contribution is -0.0103. The summed E-state index contributed by atoms with van der Waals surface area (Å²) < 4.78 is 32.5. The van der Waals surface area contributed by atoms with Crippen molar-refractivity contribution in [1.82, 2.24) is 9.21 Å². The van der Waals surface area contributed by atoms with E-state index in [0.717, 1.165) is 32.7 Å². The minimum Gasteiger partial charge on any atom is -0.377 e. The second-order valence-electron chi connectivity index (χ2n) is 6.01. The van der Waals surface area contributed by atoms with Crippen molar-refractivity contribution in [2.45, 2.75) is 30.3 Å². The molecule has 1 atom stereocenters. The molecular formula is C16H24N2O3S. The zero-order valence-electron chi connectivity index (χ0n) is 12.9. The predicted octanol–water partition coefficient (Wildman–Crippen LogP) is 1.56. The second kappa shape index (κ2) is 7.08. The highest BCUT2D eigenvalue weighted by Crippen LogP contribution is 2.19. The molecule has 122 valence electrons. The molecule has 0 spiro atoms. The van der Waals surface area contributed by atoms with Gasteiger partial charge >= 0.3 is 0 Å². The van der Waals surface area contributed by atoms with Gasteiger partial charge in [0, 0.05) is 39.3 Å². The highest BCUT2D eigenvalue weighted by Gasteiger charge is 2.29. The molecular weight excluding hydrogens is 300 g/mol. The standard InChI is InChI=1S/C16H24N2O3S/c19-22(20,16-7-2-1-3-8-16)18-11-9-17(10-12-18)14-15-6-4-5-13-21-15/h1-3,7-8,15H,4-6,9-14H2. The van der Waals surface area contributed by atoms with Gasteiger partial charge in [0.15, 0.2) is 0 Å². The fraction of sp³-hybridized carbons (Fsp3) is 0.625. The Morgan fingerprint density at radius 3 is 2.41 bits per heavy atom. The van der Waals surface area contributed by atoms with E-state index >= 15 is 0 Å². The number of benzene rings is 1. The Morgan fingerprint density at radius 2 is 1.77 bits per heavy atom.